The zero-order valence-electron chi connectivity index (χ0n) is 19.2. The highest BCUT2D eigenvalue weighted by molar-refractivity contribution is 5.86. The second-order valence-corrected chi connectivity index (χ2v) is 11.7. The second kappa shape index (κ2) is 7.29. The summed E-state index contributed by atoms with van der Waals surface area (Å²) in [6.45, 7) is 4.54. The molecule has 172 valence electrons. The number of aromatic nitrogens is 2. The van der Waals surface area contributed by atoms with Crippen LogP contribution in [0.25, 0.3) is 0 Å². The van der Waals surface area contributed by atoms with Crippen molar-refractivity contribution >= 4 is 11.5 Å². The second-order valence-electron chi connectivity index (χ2n) is 11.7. The van der Waals surface area contributed by atoms with Gasteiger partial charge in [-0.1, -0.05) is 6.92 Å². The van der Waals surface area contributed by atoms with Gasteiger partial charge in [0.25, 0.3) is 0 Å². The molecule has 0 spiro atoms. The zero-order valence-corrected chi connectivity index (χ0v) is 19.2. The standard InChI is InChI=1S/C25H38FN3O2/c1-23(31)10-11-25(26)16(12-23)4-5-18-19-6-7-21(24(19,2)9-8-20(18)25)22(30)14-27-17-13-28-29(3)15-17/h13,15-16,18-21,27,31H,4-12,14H2,1-3H3/t16-,18+,19+,20+,21-,23-,24+,25-/m1/s1. The van der Waals surface area contributed by atoms with Gasteiger partial charge in [0.05, 0.1) is 24.0 Å². The Hall–Kier alpha value is -1.43. The average Bonchev–Trinajstić information content (AvgIpc) is 3.29. The van der Waals surface area contributed by atoms with Gasteiger partial charge in [0.2, 0.25) is 0 Å². The quantitative estimate of drug-likeness (QED) is 0.736. The molecule has 6 heteroatoms. The number of carbonyl (C=O) groups excluding carboxylic acids is 1. The Kier molecular flexibility index (Phi) is 5.04. The van der Waals surface area contributed by atoms with Crippen LogP contribution in [-0.2, 0) is 11.8 Å². The number of anilines is 1. The Labute approximate surface area is 185 Å². The lowest BCUT2D eigenvalue weighted by molar-refractivity contribution is -0.165. The molecule has 1 aromatic heterocycles. The van der Waals surface area contributed by atoms with E-state index in [4.69, 9.17) is 0 Å². The number of nitrogens with zero attached hydrogens (tertiary/aromatic N) is 2. The van der Waals surface area contributed by atoms with E-state index >= 15 is 4.39 Å². The minimum atomic E-state index is -1.11. The molecule has 4 aliphatic carbocycles. The predicted octanol–water partition coefficient (Wildman–Crippen LogP) is 4.51. The van der Waals surface area contributed by atoms with Gasteiger partial charge < -0.3 is 10.4 Å². The van der Waals surface area contributed by atoms with Gasteiger partial charge in [0.15, 0.2) is 5.78 Å². The van der Waals surface area contributed by atoms with Gasteiger partial charge in [-0.15, -0.1) is 0 Å². The zero-order chi connectivity index (χ0) is 22.0. The largest absolute Gasteiger partial charge is 0.390 e. The van der Waals surface area contributed by atoms with Crippen molar-refractivity contribution in [2.24, 2.45) is 42.1 Å². The van der Waals surface area contributed by atoms with E-state index < -0.39 is 11.3 Å². The van der Waals surface area contributed by atoms with E-state index in [1.165, 1.54) is 0 Å². The van der Waals surface area contributed by atoms with Crippen LogP contribution in [0.1, 0.15) is 71.6 Å². The Balaban J connectivity index is 1.30. The molecule has 0 aliphatic heterocycles. The number of alkyl halides is 1. The lowest BCUT2D eigenvalue weighted by Crippen LogP contribution is -2.58. The maximum atomic E-state index is 16.4. The molecule has 4 aliphatic rings. The van der Waals surface area contributed by atoms with Crippen LogP contribution in [0.4, 0.5) is 10.1 Å². The molecule has 2 N–H and O–H groups in total. The molecular weight excluding hydrogens is 393 g/mol. The number of fused-ring (bicyclic) bond motifs is 5. The molecule has 0 aromatic carbocycles. The summed E-state index contributed by atoms with van der Waals surface area (Å²) in [4.78, 5) is 13.2. The first-order valence-corrected chi connectivity index (χ1v) is 12.3. The summed E-state index contributed by atoms with van der Waals surface area (Å²) in [5.74, 6) is 1.33. The molecule has 5 nitrogen and oxygen atoms in total. The summed E-state index contributed by atoms with van der Waals surface area (Å²) in [5, 5.41) is 17.9. The van der Waals surface area contributed by atoms with E-state index in [0.29, 0.717) is 43.4 Å². The first-order valence-electron chi connectivity index (χ1n) is 12.3. The Morgan fingerprint density at radius 2 is 2.00 bits per heavy atom. The van der Waals surface area contributed by atoms with Crippen LogP contribution in [0.3, 0.4) is 0 Å². The Bertz CT molecular complexity index is 854. The van der Waals surface area contributed by atoms with E-state index in [1.807, 2.05) is 20.2 Å². The molecule has 31 heavy (non-hydrogen) atoms. The SMILES string of the molecule is Cn1cc(NCC(=O)[C@H]2CC[C@H]3[C@@H]4CC[C@@H]5C[C@](C)(O)CC[C@]5(F)[C@H]4CC[C@]23C)cn1. The van der Waals surface area contributed by atoms with E-state index in [1.54, 1.807) is 10.9 Å². The number of hydrogen-bond donors (Lipinski definition) is 2. The summed E-state index contributed by atoms with van der Waals surface area (Å²) in [5.41, 5.74) is -0.943. The summed E-state index contributed by atoms with van der Waals surface area (Å²) < 4.78 is 18.2. The summed E-state index contributed by atoms with van der Waals surface area (Å²) in [7, 11) is 1.87. The summed E-state index contributed by atoms with van der Waals surface area (Å²) in [6, 6.07) is 0. The van der Waals surface area contributed by atoms with Crippen molar-refractivity contribution in [3.05, 3.63) is 12.4 Å². The molecule has 0 saturated heterocycles. The fourth-order valence-electron chi connectivity index (χ4n) is 8.33. The van der Waals surface area contributed by atoms with Crippen molar-refractivity contribution in [1.82, 2.24) is 9.78 Å². The first-order chi connectivity index (χ1) is 14.6. The van der Waals surface area contributed by atoms with Crippen LogP contribution >= 0.6 is 0 Å². The van der Waals surface area contributed by atoms with Crippen LogP contribution in [0, 0.1) is 35.0 Å². The fourth-order valence-corrected chi connectivity index (χ4v) is 8.33. The van der Waals surface area contributed by atoms with Gasteiger partial charge in [-0.05, 0) is 93.8 Å². The molecule has 0 radical (unpaired) electrons. The van der Waals surface area contributed by atoms with Crippen molar-refractivity contribution in [3.8, 4) is 0 Å². The summed E-state index contributed by atoms with van der Waals surface area (Å²) in [6.07, 6.45) is 11.1. The smallest absolute Gasteiger partial charge is 0.155 e. The molecule has 0 amide bonds. The van der Waals surface area contributed by atoms with Crippen molar-refractivity contribution in [2.75, 3.05) is 11.9 Å². The lowest BCUT2D eigenvalue weighted by Gasteiger charge is -2.59. The highest BCUT2D eigenvalue weighted by atomic mass is 19.1. The number of carbonyl (C=O) groups is 1. The Morgan fingerprint density at radius 1 is 1.19 bits per heavy atom. The molecule has 4 fully saturated rings. The molecule has 1 aromatic rings. The van der Waals surface area contributed by atoms with E-state index in [0.717, 1.165) is 44.2 Å². The highest BCUT2D eigenvalue weighted by Crippen LogP contribution is 2.66. The molecular formula is C25H38FN3O2. The van der Waals surface area contributed by atoms with Crippen LogP contribution in [0.15, 0.2) is 12.4 Å². The minimum absolute atomic E-state index is 0.00176. The van der Waals surface area contributed by atoms with Gasteiger partial charge in [-0.25, -0.2) is 4.39 Å². The van der Waals surface area contributed by atoms with Crippen LogP contribution in [0.5, 0.6) is 0 Å². The molecule has 4 saturated carbocycles. The molecule has 1 heterocycles. The van der Waals surface area contributed by atoms with E-state index in [9.17, 15) is 9.90 Å². The topological polar surface area (TPSA) is 67.2 Å². The van der Waals surface area contributed by atoms with Crippen LogP contribution in [-0.4, -0.2) is 38.5 Å². The molecule has 8 atom stereocenters. The van der Waals surface area contributed by atoms with Gasteiger partial charge >= 0.3 is 0 Å². The Morgan fingerprint density at radius 3 is 2.74 bits per heavy atom. The van der Waals surface area contributed by atoms with Crippen molar-refractivity contribution < 1.29 is 14.3 Å². The van der Waals surface area contributed by atoms with Crippen LogP contribution < -0.4 is 5.32 Å². The van der Waals surface area contributed by atoms with E-state index in [-0.39, 0.29) is 23.2 Å². The predicted molar refractivity (Wildman–Crippen MR) is 118 cm³/mol. The molecule has 0 bridgehead atoms. The van der Waals surface area contributed by atoms with Gasteiger partial charge in [0, 0.05) is 19.2 Å². The number of ketones is 1. The highest BCUT2D eigenvalue weighted by Gasteiger charge is 2.63. The maximum Gasteiger partial charge on any atom is 0.155 e. The maximum absolute atomic E-state index is 16.4. The fraction of sp³-hybridized carbons (Fsp3) is 0.840. The number of rotatable bonds is 4. The van der Waals surface area contributed by atoms with Gasteiger partial charge in [-0.2, -0.15) is 5.10 Å². The third-order valence-corrected chi connectivity index (χ3v) is 9.87. The average molecular weight is 432 g/mol. The first kappa shape index (κ1) is 21.4. The number of Topliss-reactive ketones (excluding diaryl/α,β-unsaturated/α-hetero) is 1. The number of hydrogen-bond acceptors (Lipinski definition) is 4. The number of halogens is 1. The van der Waals surface area contributed by atoms with Gasteiger partial charge in [-0.3, -0.25) is 9.48 Å². The third-order valence-electron chi connectivity index (χ3n) is 9.87. The number of nitrogens with one attached hydrogen (secondary N) is 1. The van der Waals surface area contributed by atoms with Crippen molar-refractivity contribution in [2.45, 2.75) is 82.9 Å². The third kappa shape index (κ3) is 3.44. The van der Waals surface area contributed by atoms with Crippen molar-refractivity contribution in [1.29, 1.82) is 0 Å². The number of aryl methyl sites for hydroxylation is 1. The van der Waals surface area contributed by atoms with E-state index in [2.05, 4.69) is 17.3 Å². The summed E-state index contributed by atoms with van der Waals surface area (Å²) >= 11 is 0. The lowest BCUT2D eigenvalue weighted by atomic mass is 9.48. The monoisotopic (exact) mass is 431 g/mol. The van der Waals surface area contributed by atoms with Crippen LogP contribution in [0.2, 0.25) is 0 Å². The molecule has 5 rings (SSSR count). The normalized spacial score (nSPS) is 46.7. The molecule has 0 unspecified atom stereocenters. The van der Waals surface area contributed by atoms with Crippen molar-refractivity contribution in [3.63, 3.8) is 0 Å². The minimum Gasteiger partial charge on any atom is -0.390 e. The van der Waals surface area contributed by atoms with Gasteiger partial charge in [0.1, 0.15) is 5.67 Å². The number of aliphatic hydroxyl groups is 1.